The molecule has 1 amide bonds. The van der Waals surface area contributed by atoms with E-state index in [2.05, 4.69) is 31.0 Å². The van der Waals surface area contributed by atoms with Gasteiger partial charge in [0.15, 0.2) is 0 Å². The van der Waals surface area contributed by atoms with Gasteiger partial charge in [-0.25, -0.2) is 0 Å². The predicted molar refractivity (Wildman–Crippen MR) is 121 cm³/mol. The van der Waals surface area contributed by atoms with Crippen molar-refractivity contribution in [3.05, 3.63) is 81.3 Å². The van der Waals surface area contributed by atoms with Gasteiger partial charge in [-0.2, -0.15) is 0 Å². The molecule has 2 aromatic rings. The second-order valence-electron chi connectivity index (χ2n) is 8.33. The highest BCUT2D eigenvalue weighted by atomic mass is 35.5. The Balaban J connectivity index is 1.87. The van der Waals surface area contributed by atoms with Crippen LogP contribution in [0.1, 0.15) is 49.1 Å². The molecule has 4 rings (SSSR count). The summed E-state index contributed by atoms with van der Waals surface area (Å²) in [6.45, 7) is 6.06. The Labute approximate surface area is 187 Å². The van der Waals surface area contributed by atoms with Crippen LogP contribution in [0, 0.1) is 11.3 Å². The van der Waals surface area contributed by atoms with Gasteiger partial charge in [0.2, 0.25) is 5.91 Å². The molecule has 152 valence electrons. The third-order valence-electron chi connectivity index (χ3n) is 6.84. The van der Waals surface area contributed by atoms with Gasteiger partial charge in [0.25, 0.3) is 0 Å². The molecule has 1 aliphatic carbocycles. The van der Waals surface area contributed by atoms with Crippen molar-refractivity contribution in [1.29, 1.82) is 0 Å². The molecule has 2 fully saturated rings. The lowest BCUT2D eigenvalue weighted by Crippen LogP contribution is -2.44. The Morgan fingerprint density at radius 2 is 1.83 bits per heavy atom. The van der Waals surface area contributed by atoms with Crippen molar-refractivity contribution in [2.45, 2.75) is 44.1 Å². The summed E-state index contributed by atoms with van der Waals surface area (Å²) in [6.07, 6.45) is 4.25. The summed E-state index contributed by atoms with van der Waals surface area (Å²) >= 11 is 19.0. The van der Waals surface area contributed by atoms with Gasteiger partial charge in [0.05, 0.1) is 5.41 Å². The van der Waals surface area contributed by atoms with Crippen LogP contribution in [-0.2, 0) is 4.79 Å². The van der Waals surface area contributed by atoms with Crippen molar-refractivity contribution in [1.82, 2.24) is 5.32 Å². The third-order valence-corrected chi connectivity index (χ3v) is 7.65. The lowest BCUT2D eigenvalue weighted by atomic mass is 9.54. The molecule has 5 heteroatoms. The summed E-state index contributed by atoms with van der Waals surface area (Å²) in [4.78, 5) is 13.1. The van der Waals surface area contributed by atoms with E-state index in [4.69, 9.17) is 34.8 Å². The number of fused-ring (bicyclic) bond motifs is 1. The van der Waals surface area contributed by atoms with Gasteiger partial charge in [0.1, 0.15) is 0 Å². The average molecular weight is 449 g/mol. The van der Waals surface area contributed by atoms with E-state index in [-0.39, 0.29) is 29.7 Å². The van der Waals surface area contributed by atoms with E-state index in [0.717, 1.165) is 18.4 Å². The van der Waals surface area contributed by atoms with Crippen LogP contribution in [0.15, 0.2) is 55.1 Å². The maximum Gasteiger partial charge on any atom is 0.227 e. The first-order chi connectivity index (χ1) is 13.9. The summed E-state index contributed by atoms with van der Waals surface area (Å²) < 4.78 is 0. The van der Waals surface area contributed by atoms with Gasteiger partial charge in [-0.1, -0.05) is 59.1 Å². The molecule has 0 radical (unpaired) electrons. The number of rotatable bonds is 4. The number of benzene rings is 2. The highest BCUT2D eigenvalue weighted by Crippen LogP contribution is 2.60. The summed E-state index contributed by atoms with van der Waals surface area (Å²) in [6, 6.07) is 13.8. The first-order valence-corrected chi connectivity index (χ1v) is 11.1. The smallest absolute Gasteiger partial charge is 0.227 e. The quantitative estimate of drug-likeness (QED) is 0.501. The molecule has 0 bridgehead atoms. The molecule has 2 aromatic carbocycles. The van der Waals surface area contributed by atoms with E-state index in [1.807, 2.05) is 36.4 Å². The zero-order valence-electron chi connectivity index (χ0n) is 16.3. The van der Waals surface area contributed by atoms with Crippen molar-refractivity contribution >= 4 is 40.7 Å². The zero-order valence-corrected chi connectivity index (χ0v) is 18.6. The Kier molecular flexibility index (Phi) is 5.72. The maximum absolute atomic E-state index is 13.1. The monoisotopic (exact) mass is 447 g/mol. The van der Waals surface area contributed by atoms with Crippen LogP contribution in [-0.4, -0.2) is 11.9 Å². The van der Waals surface area contributed by atoms with Crippen LogP contribution < -0.4 is 5.32 Å². The van der Waals surface area contributed by atoms with Gasteiger partial charge in [0, 0.05) is 27.0 Å². The fraction of sp³-hybridized carbons (Fsp3) is 0.375. The minimum atomic E-state index is -0.430. The molecule has 1 aliphatic heterocycles. The van der Waals surface area contributed by atoms with Crippen LogP contribution in [0.4, 0.5) is 0 Å². The second-order valence-corrected chi connectivity index (χ2v) is 9.61. The molecular formula is C24H24Cl3NO. The molecule has 1 saturated carbocycles. The van der Waals surface area contributed by atoms with E-state index in [1.165, 1.54) is 5.56 Å². The van der Waals surface area contributed by atoms with Crippen molar-refractivity contribution in [3.8, 4) is 0 Å². The first kappa shape index (κ1) is 20.8. The fourth-order valence-corrected chi connectivity index (χ4v) is 6.39. The Morgan fingerprint density at radius 1 is 1.14 bits per heavy atom. The number of allylic oxidation sites excluding steroid dienone is 1. The van der Waals surface area contributed by atoms with Crippen LogP contribution in [0.3, 0.4) is 0 Å². The summed E-state index contributed by atoms with van der Waals surface area (Å²) in [5.74, 6) is 0.613. The number of hydrogen-bond donors (Lipinski definition) is 1. The minimum Gasteiger partial charge on any atom is -0.353 e. The molecule has 0 unspecified atom stereocenters. The molecule has 1 saturated heterocycles. The third kappa shape index (κ3) is 3.50. The molecular weight excluding hydrogens is 425 g/mol. The van der Waals surface area contributed by atoms with Crippen molar-refractivity contribution in [2.24, 2.45) is 11.3 Å². The zero-order chi connectivity index (χ0) is 20.8. The number of halogens is 3. The molecule has 0 aromatic heterocycles. The number of nitrogens with one attached hydrogen (secondary N) is 1. The van der Waals surface area contributed by atoms with Crippen LogP contribution in [0.5, 0.6) is 0 Å². The molecule has 5 atom stereocenters. The topological polar surface area (TPSA) is 29.1 Å². The minimum absolute atomic E-state index is 0.0667. The Bertz CT molecular complexity index is 942. The van der Waals surface area contributed by atoms with E-state index in [1.54, 1.807) is 0 Å². The normalized spacial score (nSPS) is 31.2. The number of carbonyl (C=O) groups excluding carboxylic acids is 1. The van der Waals surface area contributed by atoms with Gasteiger partial charge < -0.3 is 5.32 Å². The van der Waals surface area contributed by atoms with Crippen molar-refractivity contribution in [2.75, 3.05) is 0 Å². The van der Waals surface area contributed by atoms with Crippen LogP contribution in [0.25, 0.3) is 0 Å². The SMILES string of the molecule is C=CC[C@@]12CC[C@@H](c3ccc(Cl)cc3Cl)[C@H](c3ccc(Cl)cc3)[C@@H]1[C@@H](C)NC2=O. The van der Waals surface area contributed by atoms with Crippen LogP contribution in [0.2, 0.25) is 15.1 Å². The van der Waals surface area contributed by atoms with Gasteiger partial charge in [-0.15, -0.1) is 6.58 Å². The molecule has 29 heavy (non-hydrogen) atoms. The summed E-state index contributed by atoms with van der Waals surface area (Å²) in [5.41, 5.74) is 1.85. The molecule has 2 nitrogen and oxygen atoms in total. The first-order valence-electron chi connectivity index (χ1n) is 9.99. The number of hydrogen-bond acceptors (Lipinski definition) is 1. The largest absolute Gasteiger partial charge is 0.353 e. The molecule has 0 spiro atoms. The molecule has 1 heterocycles. The summed E-state index contributed by atoms with van der Waals surface area (Å²) in [7, 11) is 0. The van der Waals surface area contributed by atoms with E-state index < -0.39 is 5.41 Å². The highest BCUT2D eigenvalue weighted by Gasteiger charge is 2.59. The second kappa shape index (κ2) is 7.98. The van der Waals surface area contributed by atoms with Gasteiger partial charge in [-0.05, 0) is 73.4 Å². The average Bonchev–Trinajstić information content (AvgIpc) is 2.93. The lowest BCUT2D eigenvalue weighted by molar-refractivity contribution is -0.130. The van der Waals surface area contributed by atoms with E-state index >= 15 is 0 Å². The van der Waals surface area contributed by atoms with Crippen molar-refractivity contribution < 1.29 is 4.79 Å². The van der Waals surface area contributed by atoms with Crippen LogP contribution >= 0.6 is 34.8 Å². The molecule has 1 N–H and O–H groups in total. The summed E-state index contributed by atoms with van der Waals surface area (Å²) in [5, 5.41) is 5.24. The Morgan fingerprint density at radius 3 is 2.48 bits per heavy atom. The van der Waals surface area contributed by atoms with E-state index in [0.29, 0.717) is 21.5 Å². The van der Waals surface area contributed by atoms with Gasteiger partial charge >= 0.3 is 0 Å². The predicted octanol–water partition coefficient (Wildman–Crippen LogP) is 7.01. The molecule has 2 aliphatic rings. The van der Waals surface area contributed by atoms with E-state index in [9.17, 15) is 4.79 Å². The van der Waals surface area contributed by atoms with Gasteiger partial charge in [-0.3, -0.25) is 4.79 Å². The number of amides is 1. The lowest BCUT2D eigenvalue weighted by Gasteiger charge is -2.47. The maximum atomic E-state index is 13.1. The number of carbonyl (C=O) groups is 1. The fourth-order valence-electron chi connectivity index (χ4n) is 5.71. The highest BCUT2D eigenvalue weighted by molar-refractivity contribution is 6.35. The van der Waals surface area contributed by atoms with Crippen molar-refractivity contribution in [3.63, 3.8) is 0 Å². The standard InChI is InChI=1S/C24H24Cl3NO/c1-3-11-24-12-10-19(18-9-8-17(26)13-20(18)27)21(15-4-6-16(25)7-5-15)22(24)14(2)28-23(24)29/h3-9,13-14,19,21-22H,1,10-12H2,2H3,(H,28,29)/t14-,19+,21+,22+,24-/m1/s1. The Hall–Kier alpha value is -1.48.